The number of aliphatic hydroxyl groups is 1. The van der Waals surface area contributed by atoms with Crippen molar-refractivity contribution in [3.8, 4) is 0 Å². The quantitative estimate of drug-likeness (QED) is 0.725. The molecule has 1 unspecified atom stereocenters. The molecule has 0 aromatic carbocycles. The van der Waals surface area contributed by atoms with Crippen LogP contribution in [0.4, 0.5) is 0 Å². The first-order valence-electron chi connectivity index (χ1n) is 5.89. The van der Waals surface area contributed by atoms with Crippen molar-refractivity contribution in [1.82, 2.24) is 14.3 Å². The van der Waals surface area contributed by atoms with Gasteiger partial charge >= 0.3 is 0 Å². The molecule has 1 aromatic heterocycles. The number of aryl methyl sites for hydroxylation is 2. The highest BCUT2D eigenvalue weighted by Gasteiger charge is 2.25. The van der Waals surface area contributed by atoms with Gasteiger partial charge in [0.05, 0.1) is 5.60 Å². The lowest BCUT2D eigenvalue weighted by Gasteiger charge is -2.22. The molecule has 0 radical (unpaired) electrons. The zero-order valence-electron chi connectivity index (χ0n) is 11.7. The molecule has 0 amide bonds. The zero-order valence-corrected chi connectivity index (χ0v) is 12.5. The topological polar surface area (TPSA) is 93.5 Å². The molecule has 0 aliphatic rings. The van der Waals surface area contributed by atoms with Gasteiger partial charge in [0.2, 0.25) is 0 Å². The molecule has 7 nitrogen and oxygen atoms in total. The smallest absolute Gasteiger partial charge is 0.259 e. The van der Waals surface area contributed by atoms with Crippen LogP contribution in [0.25, 0.3) is 0 Å². The zero-order chi connectivity index (χ0) is 14.7. The Labute approximate surface area is 113 Å². The number of ether oxygens (including phenoxy) is 1. The van der Waals surface area contributed by atoms with Crippen LogP contribution in [0.3, 0.4) is 0 Å². The lowest BCUT2D eigenvalue weighted by Crippen LogP contribution is -2.41. The second-order valence-corrected chi connectivity index (χ2v) is 6.52. The molecule has 1 aromatic rings. The Morgan fingerprint density at radius 3 is 2.68 bits per heavy atom. The summed E-state index contributed by atoms with van der Waals surface area (Å²) in [7, 11) is -0.460. The minimum absolute atomic E-state index is 0.0463. The predicted molar refractivity (Wildman–Crippen MR) is 70.3 cm³/mol. The maximum Gasteiger partial charge on any atom is 0.259 e. The standard InChI is InChI=1S/C11H21N3O4S/c1-9-13-10(7-14(9)3)19(16,17)12-8-11(2,15)5-6-18-4/h7,12,15H,5-6,8H2,1-4H3. The van der Waals surface area contributed by atoms with Crippen molar-refractivity contribution in [2.24, 2.45) is 7.05 Å². The highest BCUT2D eigenvalue weighted by Crippen LogP contribution is 2.11. The first-order valence-corrected chi connectivity index (χ1v) is 7.37. The summed E-state index contributed by atoms with van der Waals surface area (Å²) >= 11 is 0. The van der Waals surface area contributed by atoms with Crippen molar-refractivity contribution in [2.45, 2.75) is 30.9 Å². The number of hydrogen-bond donors (Lipinski definition) is 2. The molecule has 1 heterocycles. The lowest BCUT2D eigenvalue weighted by atomic mass is 10.0. The van der Waals surface area contributed by atoms with Gasteiger partial charge in [0.25, 0.3) is 10.0 Å². The van der Waals surface area contributed by atoms with Gasteiger partial charge in [-0.25, -0.2) is 18.1 Å². The largest absolute Gasteiger partial charge is 0.389 e. The van der Waals surface area contributed by atoms with Crippen LogP contribution in [0.2, 0.25) is 0 Å². The highest BCUT2D eigenvalue weighted by atomic mass is 32.2. The molecule has 0 bridgehead atoms. The average molecular weight is 291 g/mol. The highest BCUT2D eigenvalue weighted by molar-refractivity contribution is 7.89. The molecule has 1 atom stereocenters. The van der Waals surface area contributed by atoms with Crippen molar-refractivity contribution >= 4 is 10.0 Å². The molecule has 19 heavy (non-hydrogen) atoms. The summed E-state index contributed by atoms with van der Waals surface area (Å²) in [4.78, 5) is 3.95. The maximum absolute atomic E-state index is 12.0. The van der Waals surface area contributed by atoms with E-state index in [4.69, 9.17) is 4.74 Å². The van der Waals surface area contributed by atoms with E-state index in [1.165, 1.54) is 13.3 Å². The van der Waals surface area contributed by atoms with Crippen LogP contribution in [0, 0.1) is 6.92 Å². The third-order valence-corrected chi connectivity index (χ3v) is 4.12. The van der Waals surface area contributed by atoms with E-state index in [-0.39, 0.29) is 11.6 Å². The summed E-state index contributed by atoms with van der Waals surface area (Å²) in [5.41, 5.74) is -1.16. The Morgan fingerprint density at radius 2 is 2.21 bits per heavy atom. The molecule has 110 valence electrons. The summed E-state index contributed by atoms with van der Waals surface area (Å²) in [5, 5.41) is 9.94. The normalized spacial score (nSPS) is 15.4. The second-order valence-electron chi connectivity index (χ2n) is 4.80. The van der Waals surface area contributed by atoms with E-state index >= 15 is 0 Å². The summed E-state index contributed by atoms with van der Waals surface area (Å²) in [5.74, 6) is 0.603. The molecule has 1 rings (SSSR count). The van der Waals surface area contributed by atoms with E-state index < -0.39 is 15.6 Å². The molecule has 8 heteroatoms. The molecule has 0 fully saturated rings. The van der Waals surface area contributed by atoms with E-state index in [9.17, 15) is 13.5 Å². The number of nitrogens with zero attached hydrogens (tertiary/aromatic N) is 2. The molecule has 0 aliphatic carbocycles. The van der Waals surface area contributed by atoms with Gasteiger partial charge in [-0.2, -0.15) is 0 Å². The van der Waals surface area contributed by atoms with Crippen LogP contribution in [0.5, 0.6) is 0 Å². The molecular weight excluding hydrogens is 270 g/mol. The Bertz CT molecular complexity index is 503. The van der Waals surface area contributed by atoms with Crippen molar-refractivity contribution < 1.29 is 18.3 Å². The number of aromatic nitrogens is 2. The summed E-state index contributed by atoms with van der Waals surface area (Å²) < 4.78 is 32.8. The fraction of sp³-hybridized carbons (Fsp3) is 0.727. The Balaban J connectivity index is 2.70. The van der Waals surface area contributed by atoms with Gasteiger partial charge in [-0.3, -0.25) is 0 Å². The Morgan fingerprint density at radius 1 is 1.58 bits per heavy atom. The maximum atomic E-state index is 12.0. The average Bonchev–Trinajstić information content (AvgIpc) is 2.66. The number of imidazole rings is 1. The summed E-state index contributed by atoms with van der Waals surface area (Å²) in [6.45, 7) is 3.54. The summed E-state index contributed by atoms with van der Waals surface area (Å²) in [6, 6.07) is 0. The van der Waals surface area contributed by atoms with Crippen molar-refractivity contribution in [2.75, 3.05) is 20.3 Å². The first-order chi connectivity index (χ1) is 8.68. The number of methoxy groups -OCH3 is 1. The molecule has 0 spiro atoms. The van der Waals surface area contributed by atoms with Gasteiger partial charge in [-0.15, -0.1) is 0 Å². The van der Waals surface area contributed by atoms with Crippen molar-refractivity contribution in [3.63, 3.8) is 0 Å². The minimum atomic E-state index is -3.70. The van der Waals surface area contributed by atoms with E-state index in [0.29, 0.717) is 18.9 Å². The minimum Gasteiger partial charge on any atom is -0.389 e. The fourth-order valence-corrected chi connectivity index (χ4v) is 2.59. The van der Waals surface area contributed by atoms with Crippen LogP contribution >= 0.6 is 0 Å². The van der Waals surface area contributed by atoms with Gasteiger partial charge in [-0.1, -0.05) is 0 Å². The van der Waals surface area contributed by atoms with Crippen LogP contribution in [-0.4, -0.2) is 48.9 Å². The van der Waals surface area contributed by atoms with Gasteiger partial charge in [0, 0.05) is 39.9 Å². The molecular formula is C11H21N3O4S. The fourth-order valence-electron chi connectivity index (χ4n) is 1.39. The number of nitrogens with one attached hydrogen (secondary N) is 1. The van der Waals surface area contributed by atoms with Crippen molar-refractivity contribution in [3.05, 3.63) is 12.0 Å². The van der Waals surface area contributed by atoms with Gasteiger partial charge in [0.15, 0.2) is 5.03 Å². The van der Waals surface area contributed by atoms with Gasteiger partial charge in [-0.05, 0) is 13.8 Å². The molecule has 0 saturated carbocycles. The van der Waals surface area contributed by atoms with E-state index in [1.807, 2.05) is 0 Å². The monoisotopic (exact) mass is 291 g/mol. The number of sulfonamides is 1. The van der Waals surface area contributed by atoms with Crippen LogP contribution in [-0.2, 0) is 21.8 Å². The number of hydrogen-bond acceptors (Lipinski definition) is 5. The third-order valence-electron chi connectivity index (χ3n) is 2.85. The predicted octanol–water partition coefficient (Wildman–Crippen LogP) is -0.206. The third kappa shape index (κ3) is 4.57. The van der Waals surface area contributed by atoms with Gasteiger partial charge in [0.1, 0.15) is 5.82 Å². The number of rotatable bonds is 7. The second kappa shape index (κ2) is 6.00. The van der Waals surface area contributed by atoms with Crippen LogP contribution in [0.1, 0.15) is 19.2 Å². The van der Waals surface area contributed by atoms with Crippen LogP contribution in [0.15, 0.2) is 11.2 Å². The van der Waals surface area contributed by atoms with E-state index in [2.05, 4.69) is 9.71 Å². The van der Waals surface area contributed by atoms with Gasteiger partial charge < -0.3 is 14.4 Å². The molecule has 0 saturated heterocycles. The SMILES string of the molecule is COCCC(C)(O)CNS(=O)(=O)c1cn(C)c(C)n1. The van der Waals surface area contributed by atoms with Crippen molar-refractivity contribution in [1.29, 1.82) is 0 Å². The first kappa shape index (κ1) is 16.1. The Kier molecular flexibility index (Phi) is 5.08. The molecule has 2 N–H and O–H groups in total. The molecule has 0 aliphatic heterocycles. The van der Waals surface area contributed by atoms with E-state index in [1.54, 1.807) is 25.5 Å². The summed E-state index contributed by atoms with van der Waals surface area (Å²) in [6.07, 6.45) is 1.77. The lowest BCUT2D eigenvalue weighted by molar-refractivity contribution is 0.0292. The van der Waals surface area contributed by atoms with Crippen LogP contribution < -0.4 is 4.72 Å². The van der Waals surface area contributed by atoms with E-state index in [0.717, 1.165) is 0 Å². The Hall–Kier alpha value is -0.960.